The second-order valence-corrected chi connectivity index (χ2v) is 8.05. The zero-order valence-electron chi connectivity index (χ0n) is 15.4. The van der Waals surface area contributed by atoms with Crippen LogP contribution in [0.5, 0.6) is 11.5 Å². The van der Waals surface area contributed by atoms with Crippen molar-refractivity contribution in [1.29, 1.82) is 0 Å². The van der Waals surface area contributed by atoms with Gasteiger partial charge in [0, 0.05) is 19.5 Å². The molecule has 0 unspecified atom stereocenters. The molecule has 4 heterocycles. The van der Waals surface area contributed by atoms with E-state index < -0.39 is 0 Å². The third-order valence-electron chi connectivity index (χ3n) is 5.26. The molecule has 1 aromatic carbocycles. The lowest BCUT2D eigenvalue weighted by molar-refractivity contribution is 0.0954. The lowest BCUT2D eigenvalue weighted by atomic mass is 10.1. The molecule has 0 saturated carbocycles. The molecule has 144 valence electrons. The number of fused-ring (bicyclic) bond motifs is 3. The quantitative estimate of drug-likeness (QED) is 0.735. The van der Waals surface area contributed by atoms with E-state index in [4.69, 9.17) is 9.47 Å². The van der Waals surface area contributed by atoms with Crippen molar-refractivity contribution in [2.24, 2.45) is 0 Å². The van der Waals surface area contributed by atoms with Crippen molar-refractivity contribution in [2.75, 3.05) is 6.79 Å². The Morgan fingerprint density at radius 3 is 3.04 bits per heavy atom. The number of amides is 1. The first-order valence-electron chi connectivity index (χ1n) is 9.31. The molecule has 5 rings (SSSR count). The SMILES string of the molecule is Cc1c(C(=O)NCc2ccc3c(c2)OCO3)sc2nc3n(c(=O)c12)CCCC3. The Balaban J connectivity index is 1.42. The van der Waals surface area contributed by atoms with Crippen LogP contribution < -0.4 is 20.3 Å². The van der Waals surface area contributed by atoms with Gasteiger partial charge in [-0.05, 0) is 43.0 Å². The smallest absolute Gasteiger partial charge is 0.262 e. The van der Waals surface area contributed by atoms with E-state index in [0.717, 1.165) is 30.7 Å². The highest BCUT2D eigenvalue weighted by Gasteiger charge is 2.22. The summed E-state index contributed by atoms with van der Waals surface area (Å²) in [6.07, 6.45) is 2.85. The number of aromatic nitrogens is 2. The van der Waals surface area contributed by atoms with Crippen LogP contribution >= 0.6 is 11.3 Å². The standard InChI is InChI=1S/C20H19N3O4S/c1-11-16-19(22-15-4-2-3-7-23(15)20(16)25)28-17(11)18(24)21-9-12-5-6-13-14(8-12)27-10-26-13/h5-6,8H,2-4,7,9-10H2,1H3,(H,21,24). The summed E-state index contributed by atoms with van der Waals surface area (Å²) in [6.45, 7) is 3.12. The molecule has 2 aromatic heterocycles. The molecule has 8 heteroatoms. The number of rotatable bonds is 3. The number of nitrogens with zero attached hydrogens (tertiary/aromatic N) is 2. The van der Waals surface area contributed by atoms with E-state index >= 15 is 0 Å². The van der Waals surface area contributed by atoms with Crippen molar-refractivity contribution in [3.8, 4) is 11.5 Å². The summed E-state index contributed by atoms with van der Waals surface area (Å²) < 4.78 is 12.4. The van der Waals surface area contributed by atoms with E-state index in [1.165, 1.54) is 11.3 Å². The summed E-state index contributed by atoms with van der Waals surface area (Å²) in [4.78, 5) is 31.5. The third-order valence-corrected chi connectivity index (χ3v) is 6.44. The number of aryl methyl sites for hydroxylation is 2. The maximum absolute atomic E-state index is 12.9. The van der Waals surface area contributed by atoms with Crippen LogP contribution in [0.4, 0.5) is 0 Å². The number of hydrogen-bond acceptors (Lipinski definition) is 6. The molecule has 7 nitrogen and oxygen atoms in total. The highest BCUT2D eigenvalue weighted by atomic mass is 32.1. The van der Waals surface area contributed by atoms with Crippen molar-refractivity contribution < 1.29 is 14.3 Å². The largest absolute Gasteiger partial charge is 0.454 e. The van der Waals surface area contributed by atoms with Crippen LogP contribution in [0.25, 0.3) is 10.2 Å². The minimum Gasteiger partial charge on any atom is -0.454 e. The number of carbonyl (C=O) groups excluding carboxylic acids is 1. The normalized spacial score (nSPS) is 14.9. The van der Waals surface area contributed by atoms with Crippen LogP contribution in [-0.2, 0) is 19.5 Å². The molecule has 1 N–H and O–H groups in total. The predicted octanol–water partition coefficient (Wildman–Crippen LogP) is 2.76. The summed E-state index contributed by atoms with van der Waals surface area (Å²) in [5, 5.41) is 3.51. The number of ether oxygens (including phenoxy) is 2. The van der Waals surface area contributed by atoms with Crippen molar-refractivity contribution >= 4 is 27.5 Å². The first-order valence-corrected chi connectivity index (χ1v) is 10.1. The monoisotopic (exact) mass is 397 g/mol. The van der Waals surface area contributed by atoms with Crippen molar-refractivity contribution in [2.45, 2.75) is 39.3 Å². The van der Waals surface area contributed by atoms with E-state index in [9.17, 15) is 9.59 Å². The molecule has 2 aliphatic rings. The molecular weight excluding hydrogens is 378 g/mol. The van der Waals surface area contributed by atoms with Crippen molar-refractivity contribution in [3.05, 3.63) is 50.4 Å². The van der Waals surface area contributed by atoms with Crippen molar-refractivity contribution in [1.82, 2.24) is 14.9 Å². The van der Waals surface area contributed by atoms with Crippen LogP contribution in [0.3, 0.4) is 0 Å². The number of hydrogen-bond donors (Lipinski definition) is 1. The molecule has 0 saturated heterocycles. The number of nitrogens with one attached hydrogen (secondary N) is 1. The second-order valence-electron chi connectivity index (χ2n) is 7.05. The van der Waals surface area contributed by atoms with Gasteiger partial charge in [0.2, 0.25) is 6.79 Å². The van der Waals surface area contributed by atoms with Crippen LogP contribution in [0.15, 0.2) is 23.0 Å². The molecule has 0 aliphatic carbocycles. The van der Waals surface area contributed by atoms with Gasteiger partial charge in [0.15, 0.2) is 11.5 Å². The van der Waals surface area contributed by atoms with Gasteiger partial charge in [-0.3, -0.25) is 14.2 Å². The Morgan fingerprint density at radius 1 is 1.29 bits per heavy atom. The fraction of sp³-hybridized carbons (Fsp3) is 0.350. The zero-order chi connectivity index (χ0) is 19.3. The van der Waals surface area contributed by atoms with E-state index in [-0.39, 0.29) is 18.3 Å². The van der Waals surface area contributed by atoms with Crippen LogP contribution in [-0.4, -0.2) is 22.3 Å². The van der Waals surface area contributed by atoms with Gasteiger partial charge in [-0.2, -0.15) is 0 Å². The Hall–Kier alpha value is -2.87. The van der Waals surface area contributed by atoms with Gasteiger partial charge in [0.05, 0.1) is 10.3 Å². The Labute approximate surface area is 164 Å². The maximum atomic E-state index is 12.9. The average Bonchev–Trinajstić information content (AvgIpc) is 3.30. The molecule has 0 spiro atoms. The lowest BCUT2D eigenvalue weighted by Gasteiger charge is -2.16. The first-order chi connectivity index (χ1) is 13.6. The molecule has 2 aliphatic heterocycles. The predicted molar refractivity (Wildman–Crippen MR) is 105 cm³/mol. The minimum absolute atomic E-state index is 0.0247. The zero-order valence-corrected chi connectivity index (χ0v) is 16.2. The van der Waals surface area contributed by atoms with E-state index in [2.05, 4.69) is 10.3 Å². The van der Waals surface area contributed by atoms with E-state index in [1.807, 2.05) is 25.1 Å². The lowest BCUT2D eigenvalue weighted by Crippen LogP contribution is -2.28. The topological polar surface area (TPSA) is 82.4 Å². The molecule has 0 radical (unpaired) electrons. The third kappa shape index (κ3) is 2.75. The number of benzene rings is 1. The van der Waals surface area contributed by atoms with Crippen LogP contribution in [0.1, 0.15) is 39.5 Å². The Kier molecular flexibility index (Phi) is 4.08. The fourth-order valence-electron chi connectivity index (χ4n) is 3.76. The van der Waals surface area contributed by atoms with Gasteiger partial charge in [0.1, 0.15) is 10.7 Å². The molecule has 0 bridgehead atoms. The molecule has 3 aromatic rings. The van der Waals surface area contributed by atoms with Gasteiger partial charge in [0.25, 0.3) is 11.5 Å². The molecule has 0 fully saturated rings. The highest BCUT2D eigenvalue weighted by Crippen LogP contribution is 2.32. The Bertz CT molecular complexity index is 1160. The summed E-state index contributed by atoms with van der Waals surface area (Å²) in [6, 6.07) is 5.60. The van der Waals surface area contributed by atoms with Crippen molar-refractivity contribution in [3.63, 3.8) is 0 Å². The summed E-state index contributed by atoms with van der Waals surface area (Å²) in [7, 11) is 0. The number of thiophene rings is 1. The maximum Gasteiger partial charge on any atom is 0.262 e. The van der Waals surface area contributed by atoms with Crippen LogP contribution in [0, 0.1) is 6.92 Å². The van der Waals surface area contributed by atoms with Gasteiger partial charge < -0.3 is 14.8 Å². The summed E-state index contributed by atoms with van der Waals surface area (Å²) in [5.74, 6) is 2.04. The first kappa shape index (κ1) is 17.2. The Morgan fingerprint density at radius 2 is 2.14 bits per heavy atom. The van der Waals surface area contributed by atoms with Gasteiger partial charge in [-0.25, -0.2) is 4.98 Å². The highest BCUT2D eigenvalue weighted by molar-refractivity contribution is 7.20. The number of carbonyl (C=O) groups is 1. The summed E-state index contributed by atoms with van der Waals surface area (Å²) in [5.41, 5.74) is 1.61. The van der Waals surface area contributed by atoms with Gasteiger partial charge >= 0.3 is 0 Å². The second kappa shape index (κ2) is 6.63. The summed E-state index contributed by atoms with van der Waals surface area (Å²) >= 11 is 1.29. The average molecular weight is 397 g/mol. The molecule has 0 atom stereocenters. The van der Waals surface area contributed by atoms with Gasteiger partial charge in [-0.15, -0.1) is 11.3 Å². The van der Waals surface area contributed by atoms with Crippen LogP contribution in [0.2, 0.25) is 0 Å². The van der Waals surface area contributed by atoms with E-state index in [0.29, 0.717) is 45.2 Å². The molecule has 1 amide bonds. The van der Waals surface area contributed by atoms with E-state index in [1.54, 1.807) is 4.57 Å². The van der Waals surface area contributed by atoms with Gasteiger partial charge in [-0.1, -0.05) is 6.07 Å². The molecule has 28 heavy (non-hydrogen) atoms. The molecular formula is C20H19N3O4S. The fourth-order valence-corrected chi connectivity index (χ4v) is 4.87. The minimum atomic E-state index is -0.194.